The molecule has 6 aliphatic carbocycles. The lowest BCUT2D eigenvalue weighted by molar-refractivity contribution is -0.345. The number of imide groups is 3. The van der Waals surface area contributed by atoms with E-state index in [1.165, 1.54) is 62.1 Å². The standard InChI is InChI=1S/C30H39N10O9P.C22H27N6O7P.C11H14N2O2.C10H14N5O6P.CH4/c1-37(2)29(44)22-18-13-8-14(19(18)23(36-35-22)30(45)38(3)4)21-20(13)27(42)39(28(21)43)6-5-7-50(46,47)49-15-9-17(48-16(15)10-41)40-12-34-24-25(31)32-11-33-26(24)40;23-19-18-20(25-9-24-19)28(10-26-18)15-7-13(14(8-29)34-15)35-36(32,33)5-1-4-27-21(30)16-11-2-3-12(6-11)17(16)22(27)31;12-3-4-13-10(14)8-6-1-2-7(5-6)9(8)11(13)15;11-9-8-10(13-3-12-9)15(4-14-8)7-1-5(6(2-16)20-7)21-22(17,18)19;/h11-18,20-21,36,41H,5-10H2,1-4H3,(H,46,47)(H2,31,32,33);2-3,9-17,29H,1,4-8H2,(H,32,33)(H2,23,24,25);1-2,6-9H,3-5,12H2;3-7,16H,1-2H2,(H2,11,12,13)(H2,17,18,19);1H4/p-4/t13?,14?,15?,16-,17-,18?,20?,21?;11?,12?,13?,14-,15-,16?,17?;;5?,6-,7-;/m11.1./s1. The van der Waals surface area contributed by atoms with E-state index < -0.39 is 146 Å². The van der Waals surface area contributed by atoms with Gasteiger partial charge in [-0.05, 0) is 73.2 Å². The minimum absolute atomic E-state index is 0. The van der Waals surface area contributed by atoms with Gasteiger partial charge in [-0.3, -0.25) is 72.2 Å². The second-order valence-corrected chi connectivity index (χ2v) is 37.7. The highest BCUT2D eigenvalue weighted by Gasteiger charge is 2.69. The van der Waals surface area contributed by atoms with Gasteiger partial charge in [0.25, 0.3) is 11.8 Å². The number of hydrazone groups is 1. The molecule has 0 aromatic carbocycles. The molecule has 6 bridgehead atoms. The molecule has 7 aliphatic heterocycles. The molecular formula is C74H94N23O24P3-4. The van der Waals surface area contributed by atoms with Crippen LogP contribution in [0.25, 0.3) is 33.5 Å². The lowest BCUT2D eigenvalue weighted by Gasteiger charge is -2.36. The van der Waals surface area contributed by atoms with Crippen LogP contribution in [0.2, 0.25) is 0 Å². The molecule has 4 saturated carbocycles. The molecule has 47 nitrogen and oxygen atoms in total. The molecule has 6 aromatic heterocycles. The number of hydrogen-bond donors (Lipinski definition) is 8. The molecule has 50 heteroatoms. The first-order valence-electron chi connectivity index (χ1n) is 40.0. The summed E-state index contributed by atoms with van der Waals surface area (Å²) in [5.74, 6) is -4.25. The average molecular weight is 1780 g/mol. The minimum atomic E-state index is -5.19. The van der Waals surface area contributed by atoms with Crippen LogP contribution in [0.15, 0.2) is 78.6 Å². The number of aromatic nitrogens is 12. The Labute approximate surface area is 706 Å². The number of phosphoric ester groups is 1. The molecule has 8 amide bonds. The normalized spacial score (nSPS) is 32.3. The number of aliphatic hydroxyl groups is 3. The molecule has 12 N–H and O–H groups in total. The smallest absolute Gasteiger partial charge is 0.271 e. The van der Waals surface area contributed by atoms with Crippen LogP contribution in [-0.4, -0.2) is 274 Å². The fraction of sp³-hybridized carbons (Fsp3) is 0.595. The number of carbonyl (C=O) groups excluding carboxylic acids is 8. The van der Waals surface area contributed by atoms with Gasteiger partial charge in [0, 0.05) is 91.9 Å². The summed E-state index contributed by atoms with van der Waals surface area (Å²) in [5, 5.41) is 33.2. The number of nitrogen functional groups attached to an aromatic ring is 3. The van der Waals surface area contributed by atoms with E-state index in [-0.39, 0.29) is 159 Å². The third kappa shape index (κ3) is 16.3. The fourth-order valence-electron chi connectivity index (χ4n) is 20.0. The number of allylic oxidation sites excluding steroid dienone is 5. The summed E-state index contributed by atoms with van der Waals surface area (Å²) in [6.07, 6.45) is 10.1. The van der Waals surface area contributed by atoms with Crippen molar-refractivity contribution in [1.82, 2.24) is 88.5 Å². The SMILES string of the molecule is C.CN(C)C(=O)C1=NNC(C(=O)N(C)C)=C2C3CC(C12)C1C(=O)N(CCCP(=O)([O-])OC2C[C@H](n4cnc5c(N)ncnc54)O[C@@H]2CO)C(=O)C31.NCCN1C(=O)C2C3C=CC(C3)C2C1=O.Nc1ncnc2c1ncn2[C@H]1CC(OP(=O)([O-])CCCN2C(=O)C3C4C=CC(C4)C3C2=O)[C@@H](CO)O1.Nc1ncnc2c1ncn2[C@H]1CC(OP(=O)([O-])[O-])[C@@H](CO)O1. The maximum atomic E-state index is 13.8. The Morgan fingerprint density at radius 1 is 0.500 bits per heavy atom. The molecular weight excluding hydrogens is 1690 g/mol. The van der Waals surface area contributed by atoms with Crippen LogP contribution in [-0.2, 0) is 79.8 Å². The van der Waals surface area contributed by atoms with Crippen LogP contribution in [0, 0.1) is 76.9 Å². The predicted octanol–water partition coefficient (Wildman–Crippen LogP) is -3.61. The molecule has 13 heterocycles. The molecule has 124 heavy (non-hydrogen) atoms. The number of hydrogen-bond acceptors (Lipinski definition) is 39. The number of anilines is 3. The van der Waals surface area contributed by atoms with Gasteiger partial charge in [0.1, 0.15) is 99.1 Å². The Bertz CT molecular complexity index is 5450. The van der Waals surface area contributed by atoms with Crippen LogP contribution in [0.1, 0.15) is 77.5 Å². The number of likely N-dealkylation sites (tertiary alicyclic amines) is 3. The molecule has 6 aromatic rings. The van der Waals surface area contributed by atoms with Gasteiger partial charge in [-0.15, -0.1) is 0 Å². The number of imidazole rings is 3. The van der Waals surface area contributed by atoms with Crippen molar-refractivity contribution in [2.75, 3.05) is 104 Å². The van der Waals surface area contributed by atoms with Crippen molar-refractivity contribution in [2.24, 2.45) is 87.8 Å². The van der Waals surface area contributed by atoms with E-state index in [0.717, 1.165) is 17.7 Å². The van der Waals surface area contributed by atoms with E-state index in [4.69, 9.17) is 46.2 Å². The Balaban J connectivity index is 0.000000139. The van der Waals surface area contributed by atoms with E-state index in [0.29, 0.717) is 70.4 Å². The number of likely N-dealkylation sites (N-methyl/N-ethyl adjacent to an activating group) is 1. The largest absolute Gasteiger partial charge is 0.790 e. The van der Waals surface area contributed by atoms with Crippen LogP contribution in [0.3, 0.4) is 0 Å². The fourth-order valence-corrected chi connectivity index (χ4v) is 23.1. The zero-order valence-corrected chi connectivity index (χ0v) is 69.3. The van der Waals surface area contributed by atoms with E-state index >= 15 is 0 Å². The molecule has 24 atom stereocenters. The molecule has 0 spiro atoms. The van der Waals surface area contributed by atoms with Gasteiger partial charge in [0.2, 0.25) is 35.4 Å². The summed E-state index contributed by atoms with van der Waals surface area (Å²) < 4.78 is 73.9. The first kappa shape index (κ1) is 89.1. The summed E-state index contributed by atoms with van der Waals surface area (Å²) in [6.45, 7) is -0.823. The first-order valence-corrected chi connectivity index (χ1v) is 44.9. The number of carbonyl (C=O) groups is 8. The molecule has 668 valence electrons. The Hall–Kier alpha value is -9.77. The van der Waals surface area contributed by atoms with Gasteiger partial charge in [0.05, 0.1) is 100 Å². The summed E-state index contributed by atoms with van der Waals surface area (Å²) in [6, 6.07) is 0. The molecule has 13 aliphatic rings. The Morgan fingerprint density at radius 3 is 1.21 bits per heavy atom. The second-order valence-electron chi connectivity index (χ2n) is 32.8. The third-order valence-electron chi connectivity index (χ3n) is 25.3. The Morgan fingerprint density at radius 2 is 0.855 bits per heavy atom. The number of fused-ring (bicyclic) bond motifs is 21. The van der Waals surface area contributed by atoms with Crippen LogP contribution < -0.4 is 47.9 Å². The number of aliphatic hydroxyl groups excluding tert-OH is 3. The Kier molecular flexibility index (Phi) is 25.0. The second kappa shape index (κ2) is 34.9. The maximum Gasteiger partial charge on any atom is 0.271 e. The van der Waals surface area contributed by atoms with E-state index in [2.05, 4.69) is 72.1 Å². The van der Waals surface area contributed by atoms with Crippen molar-refractivity contribution in [1.29, 1.82) is 0 Å². The van der Waals surface area contributed by atoms with E-state index in [9.17, 15) is 86.9 Å². The van der Waals surface area contributed by atoms with Gasteiger partial charge in [0.15, 0.2) is 34.4 Å². The molecule has 10 fully saturated rings. The number of nitrogens with zero attached hydrogens (tertiary/aromatic N) is 18. The van der Waals surface area contributed by atoms with Crippen LogP contribution >= 0.6 is 23.0 Å². The maximum absolute atomic E-state index is 13.8. The van der Waals surface area contributed by atoms with Crippen molar-refractivity contribution in [2.45, 2.75) is 114 Å². The topological polar surface area (TPSA) is 672 Å². The zero-order valence-electron chi connectivity index (χ0n) is 66.6. The first-order chi connectivity index (χ1) is 58.6. The lowest BCUT2D eigenvalue weighted by atomic mass is 9.69. The quantitative estimate of drug-likeness (QED) is 0.0165. The van der Waals surface area contributed by atoms with Crippen molar-refractivity contribution >= 4 is 127 Å². The summed E-state index contributed by atoms with van der Waals surface area (Å²) in [4.78, 5) is 194. The monoisotopic (exact) mass is 1780 g/mol. The number of ether oxygens (including phenoxy) is 3. The van der Waals surface area contributed by atoms with Crippen molar-refractivity contribution in [3.05, 3.63) is 73.5 Å². The third-order valence-corrected chi connectivity index (χ3v) is 28.8. The summed E-state index contributed by atoms with van der Waals surface area (Å²) in [7, 11) is -7.73. The van der Waals surface area contributed by atoms with Gasteiger partial charge < -0.3 is 109 Å². The van der Waals surface area contributed by atoms with Crippen LogP contribution in [0.4, 0.5) is 17.5 Å². The lowest BCUT2D eigenvalue weighted by Crippen LogP contribution is -2.47. The molecule has 18 unspecified atom stereocenters. The van der Waals surface area contributed by atoms with Crippen molar-refractivity contribution < 1.29 is 115 Å². The molecule has 0 radical (unpaired) electrons. The van der Waals surface area contributed by atoms with E-state index in [1.54, 1.807) is 37.3 Å². The minimum Gasteiger partial charge on any atom is -0.790 e. The van der Waals surface area contributed by atoms with Gasteiger partial charge in [-0.25, -0.2) is 44.9 Å². The number of nitrogens with one attached hydrogen (secondary N) is 1. The molecule has 6 saturated heterocycles. The highest BCUT2D eigenvalue weighted by Crippen LogP contribution is 2.63. The summed E-state index contributed by atoms with van der Waals surface area (Å²) in [5.41, 5.74) is 28.9. The zero-order chi connectivity index (χ0) is 87.5. The van der Waals surface area contributed by atoms with Gasteiger partial charge in [-0.2, -0.15) is 5.10 Å². The van der Waals surface area contributed by atoms with E-state index in [1.807, 2.05) is 12.2 Å². The highest BCUT2D eigenvalue weighted by molar-refractivity contribution is 7.51. The summed E-state index contributed by atoms with van der Waals surface area (Å²) >= 11 is 0. The number of nitrogens with two attached hydrogens (primary N) is 4. The predicted molar refractivity (Wildman–Crippen MR) is 421 cm³/mol. The number of amides is 8. The molecule has 19 rings (SSSR count). The number of rotatable bonds is 24. The average Bonchev–Trinajstić information content (AvgIpc) is 1.53. The highest BCUT2D eigenvalue weighted by atomic mass is 31.2. The van der Waals surface area contributed by atoms with Crippen LogP contribution in [0.5, 0.6) is 0 Å². The van der Waals surface area contributed by atoms with Crippen molar-refractivity contribution in [3.63, 3.8) is 0 Å². The van der Waals surface area contributed by atoms with Gasteiger partial charge >= 0.3 is 0 Å². The van der Waals surface area contributed by atoms with Crippen molar-refractivity contribution in [3.8, 4) is 0 Å². The number of phosphoric acid groups is 1. The van der Waals surface area contributed by atoms with Gasteiger partial charge in [-0.1, -0.05) is 31.7 Å².